The molecule has 1 aromatic heterocycles. The molecule has 14 heavy (non-hydrogen) atoms. The van der Waals surface area contributed by atoms with E-state index < -0.39 is 0 Å². The Morgan fingerprint density at radius 3 is 2.29 bits per heavy atom. The molecule has 0 bridgehead atoms. The molecule has 0 aliphatic carbocycles. The zero-order valence-electron chi connectivity index (χ0n) is 8.78. The SMILES string of the molecule is Cc1ccccc1-n1ncc(C)c1C. The number of rotatable bonds is 1. The Morgan fingerprint density at radius 1 is 1.00 bits per heavy atom. The van der Waals surface area contributed by atoms with E-state index in [0.717, 1.165) is 5.69 Å². The van der Waals surface area contributed by atoms with Gasteiger partial charge in [-0.25, -0.2) is 4.68 Å². The van der Waals surface area contributed by atoms with E-state index in [1.54, 1.807) is 0 Å². The maximum Gasteiger partial charge on any atom is 0.0677 e. The second-order valence-corrected chi connectivity index (χ2v) is 3.61. The monoisotopic (exact) mass is 186 g/mol. The molecule has 1 heterocycles. The Kier molecular flexibility index (Phi) is 2.12. The van der Waals surface area contributed by atoms with Crippen LogP contribution >= 0.6 is 0 Å². The van der Waals surface area contributed by atoms with Gasteiger partial charge in [0.15, 0.2) is 0 Å². The van der Waals surface area contributed by atoms with Gasteiger partial charge in [0.25, 0.3) is 0 Å². The van der Waals surface area contributed by atoms with E-state index in [1.807, 2.05) is 23.0 Å². The average molecular weight is 186 g/mol. The molecule has 0 radical (unpaired) electrons. The van der Waals surface area contributed by atoms with Crippen molar-refractivity contribution in [1.82, 2.24) is 9.78 Å². The first kappa shape index (κ1) is 9.00. The Balaban J connectivity index is 2.60. The van der Waals surface area contributed by atoms with E-state index in [9.17, 15) is 0 Å². The lowest BCUT2D eigenvalue weighted by atomic mass is 10.2. The Hall–Kier alpha value is -1.57. The highest BCUT2D eigenvalue weighted by molar-refractivity contribution is 5.41. The molecule has 0 saturated carbocycles. The van der Waals surface area contributed by atoms with Gasteiger partial charge in [-0.3, -0.25) is 0 Å². The summed E-state index contributed by atoms with van der Waals surface area (Å²) in [6, 6.07) is 8.28. The summed E-state index contributed by atoms with van der Waals surface area (Å²) in [5, 5.41) is 4.36. The third-order valence-electron chi connectivity index (χ3n) is 2.60. The van der Waals surface area contributed by atoms with Crippen molar-refractivity contribution in [3.05, 3.63) is 47.3 Å². The highest BCUT2D eigenvalue weighted by atomic mass is 15.3. The minimum Gasteiger partial charge on any atom is -0.238 e. The molecule has 0 unspecified atom stereocenters. The Morgan fingerprint density at radius 2 is 1.71 bits per heavy atom. The van der Waals surface area contributed by atoms with Crippen LogP contribution in [0, 0.1) is 20.8 Å². The lowest BCUT2D eigenvalue weighted by Crippen LogP contribution is -2.00. The van der Waals surface area contributed by atoms with Gasteiger partial charge in [0.1, 0.15) is 0 Å². The molecule has 72 valence electrons. The van der Waals surface area contributed by atoms with Gasteiger partial charge in [-0.2, -0.15) is 5.10 Å². The second-order valence-electron chi connectivity index (χ2n) is 3.61. The van der Waals surface area contributed by atoms with Crippen LogP contribution in [0.25, 0.3) is 5.69 Å². The van der Waals surface area contributed by atoms with Gasteiger partial charge in [0.2, 0.25) is 0 Å². The zero-order valence-corrected chi connectivity index (χ0v) is 8.78. The lowest BCUT2D eigenvalue weighted by Gasteiger charge is -2.07. The van der Waals surface area contributed by atoms with Crippen molar-refractivity contribution in [2.45, 2.75) is 20.8 Å². The largest absolute Gasteiger partial charge is 0.238 e. The summed E-state index contributed by atoms with van der Waals surface area (Å²) in [6.45, 7) is 6.28. The number of hydrogen-bond donors (Lipinski definition) is 0. The normalized spacial score (nSPS) is 10.5. The van der Waals surface area contributed by atoms with E-state index in [4.69, 9.17) is 0 Å². The van der Waals surface area contributed by atoms with Gasteiger partial charge >= 0.3 is 0 Å². The van der Waals surface area contributed by atoms with Crippen molar-refractivity contribution in [3.8, 4) is 5.69 Å². The number of aryl methyl sites for hydroxylation is 2. The molecule has 2 heteroatoms. The fourth-order valence-electron chi connectivity index (χ4n) is 1.54. The van der Waals surface area contributed by atoms with Crippen LogP contribution in [0.2, 0.25) is 0 Å². The van der Waals surface area contributed by atoms with Crippen LogP contribution in [-0.4, -0.2) is 9.78 Å². The zero-order chi connectivity index (χ0) is 10.1. The lowest BCUT2D eigenvalue weighted by molar-refractivity contribution is 0.839. The summed E-state index contributed by atoms with van der Waals surface area (Å²) < 4.78 is 1.99. The number of hydrogen-bond acceptors (Lipinski definition) is 1. The van der Waals surface area contributed by atoms with Gasteiger partial charge in [0, 0.05) is 5.69 Å². The predicted octanol–water partition coefficient (Wildman–Crippen LogP) is 2.80. The molecule has 0 N–H and O–H groups in total. The molecule has 2 aromatic rings. The fourth-order valence-corrected chi connectivity index (χ4v) is 1.54. The highest BCUT2D eigenvalue weighted by Crippen LogP contribution is 2.16. The molecule has 0 fully saturated rings. The van der Waals surface area contributed by atoms with Crippen LogP contribution in [0.15, 0.2) is 30.5 Å². The number of nitrogens with zero attached hydrogens (tertiary/aromatic N) is 2. The van der Waals surface area contributed by atoms with Crippen molar-refractivity contribution in [1.29, 1.82) is 0 Å². The summed E-state index contributed by atoms with van der Waals surface area (Å²) >= 11 is 0. The summed E-state index contributed by atoms with van der Waals surface area (Å²) in [7, 11) is 0. The maximum atomic E-state index is 4.36. The molecular weight excluding hydrogens is 172 g/mol. The smallest absolute Gasteiger partial charge is 0.0677 e. The van der Waals surface area contributed by atoms with E-state index in [1.165, 1.54) is 16.8 Å². The molecule has 2 rings (SSSR count). The van der Waals surface area contributed by atoms with Crippen molar-refractivity contribution in [2.24, 2.45) is 0 Å². The fraction of sp³-hybridized carbons (Fsp3) is 0.250. The third-order valence-corrected chi connectivity index (χ3v) is 2.60. The van der Waals surface area contributed by atoms with Crippen LogP contribution in [-0.2, 0) is 0 Å². The van der Waals surface area contributed by atoms with Crippen LogP contribution in [0.1, 0.15) is 16.8 Å². The first-order chi connectivity index (χ1) is 6.70. The van der Waals surface area contributed by atoms with Crippen LogP contribution in [0.4, 0.5) is 0 Å². The standard InChI is InChI=1S/C12H14N2/c1-9-6-4-5-7-12(9)14-11(3)10(2)8-13-14/h4-8H,1-3H3. The van der Waals surface area contributed by atoms with Crippen LogP contribution in [0.5, 0.6) is 0 Å². The van der Waals surface area contributed by atoms with Gasteiger partial charge in [-0.1, -0.05) is 18.2 Å². The third kappa shape index (κ3) is 1.33. The maximum absolute atomic E-state index is 4.36. The summed E-state index contributed by atoms with van der Waals surface area (Å²) in [4.78, 5) is 0. The minimum absolute atomic E-state index is 1.16. The molecule has 0 aliphatic heterocycles. The van der Waals surface area contributed by atoms with E-state index in [-0.39, 0.29) is 0 Å². The molecule has 0 atom stereocenters. The van der Waals surface area contributed by atoms with Gasteiger partial charge in [-0.15, -0.1) is 0 Å². The second kappa shape index (κ2) is 3.29. The molecule has 0 amide bonds. The topological polar surface area (TPSA) is 17.8 Å². The molecule has 0 aliphatic rings. The quantitative estimate of drug-likeness (QED) is 0.669. The minimum atomic E-state index is 1.16. The van der Waals surface area contributed by atoms with Crippen LogP contribution in [0.3, 0.4) is 0 Å². The number of benzene rings is 1. The van der Waals surface area contributed by atoms with Gasteiger partial charge in [0.05, 0.1) is 11.9 Å². The number of aromatic nitrogens is 2. The number of para-hydroxylation sites is 1. The van der Waals surface area contributed by atoms with E-state index in [0.29, 0.717) is 0 Å². The molecule has 1 aromatic carbocycles. The summed E-state index contributed by atoms with van der Waals surface area (Å²) in [6.07, 6.45) is 1.90. The molecule has 0 spiro atoms. The van der Waals surface area contributed by atoms with Gasteiger partial charge < -0.3 is 0 Å². The first-order valence-corrected chi connectivity index (χ1v) is 4.77. The summed E-state index contributed by atoms with van der Waals surface area (Å²) in [5.41, 5.74) is 4.85. The van der Waals surface area contributed by atoms with Crippen molar-refractivity contribution >= 4 is 0 Å². The summed E-state index contributed by atoms with van der Waals surface area (Å²) in [5.74, 6) is 0. The van der Waals surface area contributed by atoms with E-state index in [2.05, 4.69) is 38.0 Å². The molecular formula is C12H14N2. The Bertz CT molecular complexity index is 455. The van der Waals surface area contributed by atoms with Crippen molar-refractivity contribution < 1.29 is 0 Å². The first-order valence-electron chi connectivity index (χ1n) is 4.77. The Labute approximate surface area is 84.2 Å². The average Bonchev–Trinajstić information content (AvgIpc) is 2.49. The highest BCUT2D eigenvalue weighted by Gasteiger charge is 2.05. The van der Waals surface area contributed by atoms with E-state index >= 15 is 0 Å². The molecule has 2 nitrogen and oxygen atoms in total. The van der Waals surface area contributed by atoms with Gasteiger partial charge in [-0.05, 0) is 38.0 Å². The van der Waals surface area contributed by atoms with Crippen molar-refractivity contribution in [3.63, 3.8) is 0 Å². The molecule has 0 saturated heterocycles. The van der Waals surface area contributed by atoms with Crippen molar-refractivity contribution in [2.75, 3.05) is 0 Å². The van der Waals surface area contributed by atoms with Crippen LogP contribution < -0.4 is 0 Å². The predicted molar refractivity (Wildman–Crippen MR) is 57.8 cm³/mol.